The summed E-state index contributed by atoms with van der Waals surface area (Å²) in [6.07, 6.45) is 1.16. The van der Waals surface area contributed by atoms with E-state index in [1.165, 1.54) is 0 Å². The summed E-state index contributed by atoms with van der Waals surface area (Å²) < 4.78 is 5.66. The first-order valence-corrected chi connectivity index (χ1v) is 7.39. The lowest BCUT2D eigenvalue weighted by Gasteiger charge is -2.35. The van der Waals surface area contributed by atoms with Crippen LogP contribution in [0.25, 0.3) is 0 Å². The van der Waals surface area contributed by atoms with Crippen molar-refractivity contribution in [3.05, 3.63) is 23.9 Å². The van der Waals surface area contributed by atoms with Crippen LogP contribution < -0.4 is 5.32 Å². The van der Waals surface area contributed by atoms with Gasteiger partial charge in [0.1, 0.15) is 5.82 Å². The van der Waals surface area contributed by atoms with E-state index in [-0.39, 0.29) is 18.8 Å². The molecule has 0 aromatic carbocycles. The first-order valence-electron chi connectivity index (χ1n) is 7.39. The molecular formula is C15H25N3O2. The zero-order valence-electron chi connectivity index (χ0n) is 12.4. The third-order valence-electron chi connectivity index (χ3n) is 3.35. The first kappa shape index (κ1) is 15.2. The van der Waals surface area contributed by atoms with Gasteiger partial charge in [0.25, 0.3) is 0 Å². The molecule has 2 N–H and O–H groups in total. The maximum Gasteiger partial charge on any atom is 0.126 e. The van der Waals surface area contributed by atoms with Crippen LogP contribution in [-0.2, 0) is 11.3 Å². The average molecular weight is 279 g/mol. The van der Waals surface area contributed by atoms with Crippen molar-refractivity contribution in [1.82, 2.24) is 9.88 Å². The zero-order valence-corrected chi connectivity index (χ0v) is 12.4. The fourth-order valence-electron chi connectivity index (χ4n) is 2.52. The summed E-state index contributed by atoms with van der Waals surface area (Å²) >= 11 is 0. The monoisotopic (exact) mass is 279 g/mol. The van der Waals surface area contributed by atoms with Crippen LogP contribution in [0, 0.1) is 0 Å². The summed E-state index contributed by atoms with van der Waals surface area (Å²) in [6.45, 7) is 7.64. The van der Waals surface area contributed by atoms with E-state index in [0.29, 0.717) is 0 Å². The number of anilines is 1. The molecule has 20 heavy (non-hydrogen) atoms. The lowest BCUT2D eigenvalue weighted by molar-refractivity contribution is -0.0974. The molecule has 0 bridgehead atoms. The van der Waals surface area contributed by atoms with Gasteiger partial charge in [-0.25, -0.2) is 4.98 Å². The second-order valence-corrected chi connectivity index (χ2v) is 5.39. The molecule has 2 unspecified atom stereocenters. The van der Waals surface area contributed by atoms with Gasteiger partial charge < -0.3 is 15.2 Å². The number of pyridine rings is 1. The van der Waals surface area contributed by atoms with Crippen molar-refractivity contribution in [2.75, 3.05) is 31.6 Å². The number of rotatable bonds is 6. The first-order chi connectivity index (χ1) is 9.71. The van der Waals surface area contributed by atoms with Crippen molar-refractivity contribution in [2.24, 2.45) is 0 Å². The topological polar surface area (TPSA) is 57.6 Å². The molecule has 1 aliphatic rings. The minimum absolute atomic E-state index is 0.0758. The van der Waals surface area contributed by atoms with Crippen molar-refractivity contribution >= 4 is 5.82 Å². The quantitative estimate of drug-likeness (QED) is 0.826. The van der Waals surface area contributed by atoms with Gasteiger partial charge in [-0.3, -0.25) is 4.90 Å². The normalized spacial score (nSPS) is 23.8. The van der Waals surface area contributed by atoms with E-state index < -0.39 is 0 Å². The molecule has 0 aliphatic carbocycles. The second kappa shape index (κ2) is 7.57. The third-order valence-corrected chi connectivity index (χ3v) is 3.35. The van der Waals surface area contributed by atoms with E-state index in [0.717, 1.165) is 44.1 Å². The van der Waals surface area contributed by atoms with E-state index in [2.05, 4.69) is 22.1 Å². The van der Waals surface area contributed by atoms with Crippen LogP contribution in [0.4, 0.5) is 5.82 Å². The molecule has 0 spiro atoms. The molecule has 1 aliphatic heterocycles. The van der Waals surface area contributed by atoms with E-state index in [1.54, 1.807) is 0 Å². The minimum atomic E-state index is -0.0832. The smallest absolute Gasteiger partial charge is 0.126 e. The Morgan fingerprint density at radius 1 is 1.45 bits per heavy atom. The van der Waals surface area contributed by atoms with E-state index in [9.17, 15) is 5.11 Å². The molecule has 2 heterocycles. The number of nitrogens with one attached hydrogen (secondary N) is 1. The van der Waals surface area contributed by atoms with Gasteiger partial charge in [0, 0.05) is 26.2 Å². The van der Waals surface area contributed by atoms with Crippen LogP contribution >= 0.6 is 0 Å². The molecule has 0 saturated carbocycles. The molecular weight excluding hydrogens is 254 g/mol. The van der Waals surface area contributed by atoms with Crippen LogP contribution in [-0.4, -0.2) is 53.4 Å². The number of morpholine rings is 1. The summed E-state index contributed by atoms with van der Waals surface area (Å²) in [5.74, 6) is 0.935. The summed E-state index contributed by atoms with van der Waals surface area (Å²) in [6, 6.07) is 6.08. The highest BCUT2D eigenvalue weighted by molar-refractivity contribution is 5.35. The highest BCUT2D eigenvalue weighted by Crippen LogP contribution is 2.14. The number of nitrogens with zero attached hydrogens (tertiary/aromatic N) is 2. The maximum absolute atomic E-state index is 9.26. The zero-order chi connectivity index (χ0) is 14.4. The molecule has 5 nitrogen and oxygen atoms in total. The highest BCUT2D eigenvalue weighted by Gasteiger charge is 2.24. The Labute approximate surface area is 121 Å². The van der Waals surface area contributed by atoms with Gasteiger partial charge in [-0.15, -0.1) is 0 Å². The van der Waals surface area contributed by atoms with Crippen LogP contribution in [0.3, 0.4) is 0 Å². The SMILES string of the molecule is CCCNc1cccc(CN2CC(C)OC(CO)C2)n1. The molecule has 0 radical (unpaired) electrons. The van der Waals surface area contributed by atoms with E-state index in [1.807, 2.05) is 25.1 Å². The minimum Gasteiger partial charge on any atom is -0.394 e. The molecule has 1 fully saturated rings. The molecule has 2 atom stereocenters. The lowest BCUT2D eigenvalue weighted by atomic mass is 10.2. The predicted octanol–water partition coefficient (Wildman–Crippen LogP) is 1.49. The Morgan fingerprint density at radius 3 is 3.05 bits per heavy atom. The fraction of sp³-hybridized carbons (Fsp3) is 0.667. The van der Waals surface area contributed by atoms with Crippen molar-refractivity contribution in [3.8, 4) is 0 Å². The van der Waals surface area contributed by atoms with Gasteiger partial charge in [0.15, 0.2) is 0 Å². The Morgan fingerprint density at radius 2 is 2.30 bits per heavy atom. The molecule has 2 rings (SSSR count). The molecule has 5 heteroatoms. The third kappa shape index (κ3) is 4.44. The van der Waals surface area contributed by atoms with Gasteiger partial charge in [-0.1, -0.05) is 13.0 Å². The number of hydrogen-bond donors (Lipinski definition) is 2. The summed E-state index contributed by atoms with van der Waals surface area (Å²) in [7, 11) is 0. The van der Waals surface area contributed by atoms with E-state index in [4.69, 9.17) is 4.74 Å². The van der Waals surface area contributed by atoms with Crippen molar-refractivity contribution in [2.45, 2.75) is 39.0 Å². The molecule has 1 saturated heterocycles. The van der Waals surface area contributed by atoms with Gasteiger partial charge in [-0.05, 0) is 25.5 Å². The molecule has 1 aromatic rings. The van der Waals surface area contributed by atoms with Gasteiger partial charge in [-0.2, -0.15) is 0 Å². The lowest BCUT2D eigenvalue weighted by Crippen LogP contribution is -2.47. The summed E-state index contributed by atoms with van der Waals surface area (Å²) in [4.78, 5) is 6.92. The summed E-state index contributed by atoms with van der Waals surface area (Å²) in [5, 5.41) is 12.6. The largest absolute Gasteiger partial charge is 0.394 e. The second-order valence-electron chi connectivity index (χ2n) is 5.39. The molecule has 1 aromatic heterocycles. The number of hydrogen-bond acceptors (Lipinski definition) is 5. The maximum atomic E-state index is 9.26. The van der Waals surface area contributed by atoms with Gasteiger partial charge in [0.05, 0.1) is 24.5 Å². The number of ether oxygens (including phenoxy) is 1. The van der Waals surface area contributed by atoms with Crippen molar-refractivity contribution in [3.63, 3.8) is 0 Å². The standard InChI is InChI=1S/C15H25N3O2/c1-3-7-16-15-6-4-5-13(17-15)9-18-8-12(2)20-14(10-18)11-19/h4-6,12,14,19H,3,7-11H2,1-2H3,(H,16,17). The predicted molar refractivity (Wildman–Crippen MR) is 79.7 cm³/mol. The van der Waals surface area contributed by atoms with Gasteiger partial charge >= 0.3 is 0 Å². The molecule has 112 valence electrons. The Balaban J connectivity index is 1.94. The number of aliphatic hydroxyl groups is 1. The Kier molecular flexibility index (Phi) is 5.76. The van der Waals surface area contributed by atoms with Gasteiger partial charge in [0.2, 0.25) is 0 Å². The highest BCUT2D eigenvalue weighted by atomic mass is 16.5. The van der Waals surface area contributed by atoms with Crippen molar-refractivity contribution in [1.29, 1.82) is 0 Å². The number of aromatic nitrogens is 1. The average Bonchev–Trinajstić information content (AvgIpc) is 2.45. The summed E-state index contributed by atoms with van der Waals surface area (Å²) in [5.41, 5.74) is 1.05. The fourth-order valence-corrected chi connectivity index (χ4v) is 2.52. The van der Waals surface area contributed by atoms with Crippen LogP contribution in [0.1, 0.15) is 26.0 Å². The van der Waals surface area contributed by atoms with Crippen LogP contribution in [0.2, 0.25) is 0 Å². The Hall–Kier alpha value is -1.17. The van der Waals surface area contributed by atoms with Crippen LogP contribution in [0.15, 0.2) is 18.2 Å². The Bertz CT molecular complexity index is 414. The molecule has 0 amide bonds. The van der Waals surface area contributed by atoms with E-state index >= 15 is 0 Å². The van der Waals surface area contributed by atoms with Crippen LogP contribution in [0.5, 0.6) is 0 Å². The number of aliphatic hydroxyl groups excluding tert-OH is 1. The van der Waals surface area contributed by atoms with Crippen molar-refractivity contribution < 1.29 is 9.84 Å².